The van der Waals surface area contributed by atoms with E-state index >= 15 is 0 Å². The second-order valence-corrected chi connectivity index (χ2v) is 7.75. The molecule has 0 saturated heterocycles. The summed E-state index contributed by atoms with van der Waals surface area (Å²) in [4.78, 5) is 5.87. The second kappa shape index (κ2) is 7.76. The van der Waals surface area contributed by atoms with Crippen molar-refractivity contribution in [1.82, 2.24) is 10.3 Å². The van der Waals surface area contributed by atoms with E-state index in [4.69, 9.17) is 0 Å². The van der Waals surface area contributed by atoms with Crippen LogP contribution in [0.1, 0.15) is 35.0 Å². The monoisotopic (exact) mass is 378 g/mol. The molecular weight excluding hydrogens is 357 g/mol. The van der Waals surface area contributed by atoms with Crippen LogP contribution in [0.3, 0.4) is 0 Å². The Bertz CT molecular complexity index is 847. The summed E-state index contributed by atoms with van der Waals surface area (Å²) in [5.41, 5.74) is 1.93. The van der Waals surface area contributed by atoms with Crippen molar-refractivity contribution in [1.29, 1.82) is 0 Å². The van der Waals surface area contributed by atoms with Crippen LogP contribution in [0, 0.1) is 30.3 Å². The Kier molecular flexibility index (Phi) is 5.63. The average molecular weight is 378 g/mol. The molecule has 0 amide bonds. The fourth-order valence-electron chi connectivity index (χ4n) is 3.07. The van der Waals surface area contributed by atoms with Crippen molar-refractivity contribution >= 4 is 16.9 Å². The standard InChI is InChI=1S/C20H21F3N2S/c1-4-19-25-20(12(3)26-19)13-5-6-18(11(2)7-13)24-10-15-16(22)8-14(21)9-17(15)23/h5-9,11,18,24H,4,10H2,1-3H3. The molecule has 1 heterocycles. The van der Waals surface area contributed by atoms with E-state index in [0.29, 0.717) is 12.1 Å². The fourth-order valence-corrected chi connectivity index (χ4v) is 3.96. The predicted molar refractivity (Wildman–Crippen MR) is 99.5 cm³/mol. The van der Waals surface area contributed by atoms with E-state index < -0.39 is 17.5 Å². The zero-order valence-electron chi connectivity index (χ0n) is 14.9. The highest BCUT2D eigenvalue weighted by Crippen LogP contribution is 2.30. The second-order valence-electron chi connectivity index (χ2n) is 6.46. The predicted octanol–water partition coefficient (Wildman–Crippen LogP) is 5.18. The molecule has 138 valence electrons. The van der Waals surface area contributed by atoms with Gasteiger partial charge in [0.15, 0.2) is 0 Å². The van der Waals surface area contributed by atoms with Crippen LogP contribution in [0.25, 0.3) is 5.57 Å². The van der Waals surface area contributed by atoms with Gasteiger partial charge in [-0.3, -0.25) is 0 Å². The molecule has 0 fully saturated rings. The van der Waals surface area contributed by atoms with E-state index in [2.05, 4.69) is 30.2 Å². The lowest BCUT2D eigenvalue weighted by molar-refractivity contribution is 0.465. The molecule has 0 aliphatic heterocycles. The normalized spacial score (nSPS) is 19.7. The molecule has 6 heteroatoms. The number of nitrogens with one attached hydrogen (secondary N) is 1. The molecule has 1 aliphatic carbocycles. The fraction of sp³-hybridized carbons (Fsp3) is 0.350. The molecule has 2 unspecified atom stereocenters. The van der Waals surface area contributed by atoms with E-state index in [1.54, 1.807) is 11.3 Å². The number of nitrogens with zero attached hydrogens (tertiary/aromatic N) is 1. The molecule has 2 atom stereocenters. The highest BCUT2D eigenvalue weighted by molar-refractivity contribution is 7.11. The molecule has 2 nitrogen and oxygen atoms in total. The Labute approximate surface area is 155 Å². The molecule has 1 aromatic carbocycles. The molecule has 0 saturated carbocycles. The van der Waals surface area contributed by atoms with Crippen LogP contribution < -0.4 is 5.32 Å². The van der Waals surface area contributed by atoms with Gasteiger partial charge in [0.25, 0.3) is 0 Å². The van der Waals surface area contributed by atoms with Crippen molar-refractivity contribution in [2.45, 2.75) is 39.8 Å². The largest absolute Gasteiger partial charge is 0.306 e. The van der Waals surface area contributed by atoms with Crippen LogP contribution in [0.5, 0.6) is 0 Å². The maximum absolute atomic E-state index is 13.8. The van der Waals surface area contributed by atoms with E-state index in [9.17, 15) is 13.2 Å². The summed E-state index contributed by atoms with van der Waals surface area (Å²) >= 11 is 1.71. The van der Waals surface area contributed by atoms with E-state index in [-0.39, 0.29) is 24.1 Å². The smallest absolute Gasteiger partial charge is 0.133 e. The van der Waals surface area contributed by atoms with Crippen molar-refractivity contribution in [3.05, 3.63) is 69.0 Å². The number of aromatic nitrogens is 1. The Morgan fingerprint density at radius 1 is 1.19 bits per heavy atom. The lowest BCUT2D eigenvalue weighted by Crippen LogP contribution is -2.34. The maximum atomic E-state index is 13.8. The quantitative estimate of drug-likeness (QED) is 0.776. The average Bonchev–Trinajstić information content (AvgIpc) is 2.96. The molecule has 1 aliphatic rings. The van der Waals surface area contributed by atoms with Crippen LogP contribution in [-0.2, 0) is 13.0 Å². The van der Waals surface area contributed by atoms with Gasteiger partial charge in [-0.2, -0.15) is 0 Å². The number of hydrogen-bond donors (Lipinski definition) is 1. The number of allylic oxidation sites excluding steroid dienone is 2. The molecule has 3 rings (SSSR count). The van der Waals surface area contributed by atoms with Gasteiger partial charge in [0.1, 0.15) is 17.5 Å². The summed E-state index contributed by atoms with van der Waals surface area (Å²) in [6.45, 7) is 6.19. The number of rotatable bonds is 5. The van der Waals surface area contributed by atoms with Crippen molar-refractivity contribution < 1.29 is 13.2 Å². The highest BCUT2D eigenvalue weighted by Gasteiger charge is 2.21. The van der Waals surface area contributed by atoms with Gasteiger partial charge in [0.2, 0.25) is 0 Å². The zero-order chi connectivity index (χ0) is 18.8. The van der Waals surface area contributed by atoms with Gasteiger partial charge < -0.3 is 5.32 Å². The van der Waals surface area contributed by atoms with Crippen molar-refractivity contribution in [2.75, 3.05) is 0 Å². The van der Waals surface area contributed by atoms with Crippen molar-refractivity contribution in [3.63, 3.8) is 0 Å². The molecule has 0 radical (unpaired) electrons. The van der Waals surface area contributed by atoms with Gasteiger partial charge in [0.05, 0.1) is 10.7 Å². The van der Waals surface area contributed by atoms with Crippen LogP contribution in [0.15, 0.2) is 30.4 Å². The summed E-state index contributed by atoms with van der Waals surface area (Å²) in [5.74, 6) is -2.52. The van der Waals surface area contributed by atoms with Crippen LogP contribution in [0.4, 0.5) is 13.2 Å². The van der Waals surface area contributed by atoms with Gasteiger partial charge in [-0.15, -0.1) is 11.3 Å². The number of hydrogen-bond acceptors (Lipinski definition) is 3. The number of halogens is 3. The van der Waals surface area contributed by atoms with Gasteiger partial charge in [0, 0.05) is 35.2 Å². The molecule has 1 aromatic heterocycles. The molecule has 2 aromatic rings. The van der Waals surface area contributed by atoms with E-state index in [1.165, 1.54) is 4.88 Å². The van der Waals surface area contributed by atoms with Gasteiger partial charge >= 0.3 is 0 Å². The molecule has 1 N–H and O–H groups in total. The lowest BCUT2D eigenvalue weighted by atomic mass is 9.91. The Morgan fingerprint density at radius 3 is 2.46 bits per heavy atom. The van der Waals surface area contributed by atoms with E-state index in [0.717, 1.165) is 22.7 Å². The summed E-state index contributed by atoms with van der Waals surface area (Å²) in [6, 6.07) is 1.34. The zero-order valence-corrected chi connectivity index (χ0v) is 15.8. The first kappa shape index (κ1) is 18.9. The first-order valence-corrected chi connectivity index (χ1v) is 9.44. The summed E-state index contributed by atoms with van der Waals surface area (Å²) in [5, 5.41) is 4.25. The first-order valence-electron chi connectivity index (χ1n) is 8.62. The van der Waals surface area contributed by atoms with Crippen LogP contribution in [0.2, 0.25) is 0 Å². The van der Waals surface area contributed by atoms with Gasteiger partial charge in [-0.25, -0.2) is 18.2 Å². The number of aryl methyl sites for hydroxylation is 2. The van der Waals surface area contributed by atoms with E-state index in [1.807, 2.05) is 19.1 Å². The minimum absolute atomic E-state index is 0.00379. The summed E-state index contributed by atoms with van der Waals surface area (Å²) in [6.07, 6.45) is 7.02. The highest BCUT2D eigenvalue weighted by atomic mass is 32.1. The molecule has 26 heavy (non-hydrogen) atoms. The topological polar surface area (TPSA) is 24.9 Å². The number of benzene rings is 1. The molecule has 0 bridgehead atoms. The third-order valence-electron chi connectivity index (χ3n) is 4.53. The van der Waals surface area contributed by atoms with Crippen LogP contribution >= 0.6 is 11.3 Å². The van der Waals surface area contributed by atoms with Crippen LogP contribution in [-0.4, -0.2) is 11.0 Å². The maximum Gasteiger partial charge on any atom is 0.133 e. The van der Waals surface area contributed by atoms with Crippen molar-refractivity contribution in [2.24, 2.45) is 5.92 Å². The third-order valence-corrected chi connectivity index (χ3v) is 5.64. The Balaban J connectivity index is 1.71. The summed E-state index contributed by atoms with van der Waals surface area (Å²) < 4.78 is 40.5. The third kappa shape index (κ3) is 3.91. The summed E-state index contributed by atoms with van der Waals surface area (Å²) in [7, 11) is 0. The number of thiazole rings is 1. The minimum Gasteiger partial charge on any atom is -0.306 e. The van der Waals surface area contributed by atoms with Crippen molar-refractivity contribution in [3.8, 4) is 0 Å². The Morgan fingerprint density at radius 2 is 1.88 bits per heavy atom. The Hall–Kier alpha value is -1.92. The SMILES string of the molecule is CCc1nc(C2=CC(C)C(NCc3c(F)cc(F)cc3F)C=C2)c(C)s1. The molecular formula is C20H21F3N2S. The lowest BCUT2D eigenvalue weighted by Gasteiger charge is -2.24. The van der Waals surface area contributed by atoms with Gasteiger partial charge in [-0.1, -0.05) is 32.1 Å². The first-order chi connectivity index (χ1) is 12.4. The van der Waals surface area contributed by atoms with Gasteiger partial charge in [-0.05, 0) is 24.8 Å². The molecule has 0 spiro atoms. The minimum atomic E-state index is -0.910.